The molecule has 0 aliphatic heterocycles. The summed E-state index contributed by atoms with van der Waals surface area (Å²) in [5, 5.41) is 2.58. The van der Waals surface area contributed by atoms with E-state index in [4.69, 9.17) is 11.6 Å². The lowest BCUT2D eigenvalue weighted by atomic mass is 10.2. The summed E-state index contributed by atoms with van der Waals surface area (Å²) in [6.45, 7) is 1.84. The van der Waals surface area contributed by atoms with Crippen molar-refractivity contribution in [1.29, 1.82) is 0 Å². The van der Waals surface area contributed by atoms with Gasteiger partial charge in [0.05, 0.1) is 5.56 Å². The van der Waals surface area contributed by atoms with E-state index in [9.17, 15) is 18.0 Å². The number of carbonyl (C=O) groups excluding carboxylic acids is 1. The standard InChI is InChI=1S/C11H12ClF3N2O/c1-2-8(5-12)17-10(18)9-4-3-7(6-16-9)11(13,14)15/h3-4,6,8H,2,5H2,1H3,(H,17,18). The van der Waals surface area contributed by atoms with Gasteiger partial charge in [0.2, 0.25) is 0 Å². The topological polar surface area (TPSA) is 42.0 Å². The predicted octanol–water partition coefficient (Wildman–Crippen LogP) is 2.85. The van der Waals surface area contributed by atoms with Gasteiger partial charge in [0.25, 0.3) is 5.91 Å². The third kappa shape index (κ3) is 3.87. The van der Waals surface area contributed by atoms with Gasteiger partial charge in [-0.15, -0.1) is 11.6 Å². The number of amides is 1. The molecule has 3 nitrogen and oxygen atoms in total. The van der Waals surface area contributed by atoms with Crippen LogP contribution in [-0.4, -0.2) is 22.8 Å². The minimum absolute atomic E-state index is 0.0634. The lowest BCUT2D eigenvalue weighted by Gasteiger charge is -2.13. The number of rotatable bonds is 4. The number of nitrogens with one attached hydrogen (secondary N) is 1. The van der Waals surface area contributed by atoms with E-state index in [1.165, 1.54) is 0 Å². The Kier molecular flexibility index (Phi) is 4.95. The summed E-state index contributed by atoms with van der Waals surface area (Å²) < 4.78 is 36.8. The van der Waals surface area contributed by atoms with Crippen LogP contribution < -0.4 is 5.32 Å². The number of alkyl halides is 4. The first-order valence-electron chi connectivity index (χ1n) is 5.28. The van der Waals surface area contributed by atoms with Crippen molar-refractivity contribution in [3.8, 4) is 0 Å². The largest absolute Gasteiger partial charge is 0.417 e. The summed E-state index contributed by atoms with van der Waals surface area (Å²) >= 11 is 5.60. The minimum Gasteiger partial charge on any atom is -0.347 e. The van der Waals surface area contributed by atoms with Crippen LogP contribution in [0.5, 0.6) is 0 Å². The summed E-state index contributed by atoms with van der Waals surface area (Å²) in [7, 11) is 0. The van der Waals surface area contributed by atoms with E-state index in [-0.39, 0.29) is 17.6 Å². The maximum absolute atomic E-state index is 12.3. The number of pyridine rings is 1. The molecule has 0 spiro atoms. The van der Waals surface area contributed by atoms with Crippen molar-refractivity contribution in [3.63, 3.8) is 0 Å². The first-order chi connectivity index (χ1) is 8.38. The lowest BCUT2D eigenvalue weighted by Crippen LogP contribution is -2.36. The van der Waals surface area contributed by atoms with Gasteiger partial charge in [-0.1, -0.05) is 6.92 Å². The summed E-state index contributed by atoms with van der Waals surface area (Å²) in [5.41, 5.74) is -0.949. The molecule has 1 atom stereocenters. The average Bonchev–Trinajstić information content (AvgIpc) is 2.34. The van der Waals surface area contributed by atoms with E-state index in [0.29, 0.717) is 12.6 Å². The summed E-state index contributed by atoms with van der Waals surface area (Å²) in [6.07, 6.45) is -3.18. The van der Waals surface area contributed by atoms with Crippen LogP contribution in [0.1, 0.15) is 29.4 Å². The Morgan fingerprint density at radius 2 is 2.17 bits per heavy atom. The maximum atomic E-state index is 12.3. The van der Waals surface area contributed by atoms with Crippen LogP contribution in [0.25, 0.3) is 0 Å². The fraction of sp³-hybridized carbons (Fsp3) is 0.455. The molecule has 0 aliphatic carbocycles. The van der Waals surface area contributed by atoms with Gasteiger partial charge in [0.1, 0.15) is 5.69 Å². The highest BCUT2D eigenvalue weighted by Gasteiger charge is 2.30. The molecule has 1 heterocycles. The van der Waals surface area contributed by atoms with Gasteiger partial charge in [-0.05, 0) is 18.6 Å². The molecular weight excluding hydrogens is 269 g/mol. The van der Waals surface area contributed by atoms with Crippen molar-refractivity contribution < 1.29 is 18.0 Å². The first kappa shape index (κ1) is 14.8. The quantitative estimate of drug-likeness (QED) is 0.862. The normalized spacial score (nSPS) is 13.2. The Morgan fingerprint density at radius 3 is 2.56 bits per heavy atom. The molecule has 0 radical (unpaired) electrons. The zero-order valence-electron chi connectivity index (χ0n) is 9.59. The second-order valence-electron chi connectivity index (χ2n) is 3.66. The lowest BCUT2D eigenvalue weighted by molar-refractivity contribution is -0.137. The first-order valence-corrected chi connectivity index (χ1v) is 5.82. The highest BCUT2D eigenvalue weighted by molar-refractivity contribution is 6.18. The monoisotopic (exact) mass is 280 g/mol. The summed E-state index contributed by atoms with van der Waals surface area (Å²) in [6, 6.07) is 1.64. The molecule has 100 valence electrons. The second-order valence-corrected chi connectivity index (χ2v) is 3.97. The third-order valence-corrected chi connectivity index (χ3v) is 2.71. The molecule has 1 N–H and O–H groups in total. The number of halogens is 4. The van der Waals surface area contributed by atoms with Crippen molar-refractivity contribution in [2.75, 3.05) is 5.88 Å². The third-order valence-electron chi connectivity index (χ3n) is 2.34. The smallest absolute Gasteiger partial charge is 0.347 e. The van der Waals surface area contributed by atoms with Crippen LogP contribution in [-0.2, 0) is 6.18 Å². The molecular formula is C11H12ClF3N2O. The number of nitrogens with zero attached hydrogens (tertiary/aromatic N) is 1. The number of carbonyl (C=O) groups is 1. The van der Waals surface area contributed by atoms with Crippen molar-refractivity contribution in [2.24, 2.45) is 0 Å². The van der Waals surface area contributed by atoms with Crippen LogP contribution in [0, 0.1) is 0 Å². The molecule has 1 unspecified atom stereocenters. The Balaban J connectivity index is 2.76. The predicted molar refractivity (Wildman–Crippen MR) is 61.5 cm³/mol. The molecule has 0 fully saturated rings. The van der Waals surface area contributed by atoms with Crippen LogP contribution >= 0.6 is 11.6 Å². The van der Waals surface area contributed by atoms with E-state index < -0.39 is 17.6 Å². The fourth-order valence-electron chi connectivity index (χ4n) is 1.20. The molecule has 0 saturated heterocycles. The molecule has 0 saturated carbocycles. The fourth-order valence-corrected chi connectivity index (χ4v) is 1.50. The van der Waals surface area contributed by atoms with Crippen molar-refractivity contribution >= 4 is 17.5 Å². The molecule has 1 rings (SSSR count). The summed E-state index contributed by atoms with van der Waals surface area (Å²) in [5.74, 6) is -0.292. The minimum atomic E-state index is -4.45. The van der Waals surface area contributed by atoms with Crippen molar-refractivity contribution in [3.05, 3.63) is 29.6 Å². The number of hydrogen-bond donors (Lipinski definition) is 1. The molecule has 1 aromatic rings. The van der Waals surface area contributed by atoms with Gasteiger partial charge >= 0.3 is 6.18 Å². The van der Waals surface area contributed by atoms with Crippen molar-refractivity contribution in [1.82, 2.24) is 10.3 Å². The van der Waals surface area contributed by atoms with Gasteiger partial charge in [-0.2, -0.15) is 13.2 Å². The van der Waals surface area contributed by atoms with Gasteiger partial charge in [0.15, 0.2) is 0 Å². The molecule has 0 aromatic carbocycles. The Labute approximate surface area is 107 Å². The zero-order valence-corrected chi connectivity index (χ0v) is 10.3. The Hall–Kier alpha value is -1.30. The molecule has 1 amide bonds. The number of hydrogen-bond acceptors (Lipinski definition) is 2. The molecule has 7 heteroatoms. The molecule has 0 bridgehead atoms. The maximum Gasteiger partial charge on any atom is 0.417 e. The van der Waals surface area contributed by atoms with E-state index in [2.05, 4.69) is 10.3 Å². The van der Waals surface area contributed by atoms with Gasteiger partial charge in [0, 0.05) is 18.1 Å². The highest BCUT2D eigenvalue weighted by atomic mass is 35.5. The zero-order chi connectivity index (χ0) is 13.8. The SMILES string of the molecule is CCC(CCl)NC(=O)c1ccc(C(F)(F)F)cn1. The molecule has 0 aliphatic rings. The van der Waals surface area contributed by atoms with E-state index in [1.54, 1.807) is 0 Å². The second kappa shape index (κ2) is 6.04. The van der Waals surface area contributed by atoms with Gasteiger partial charge in [-0.25, -0.2) is 0 Å². The van der Waals surface area contributed by atoms with E-state index in [0.717, 1.165) is 12.1 Å². The Morgan fingerprint density at radius 1 is 1.50 bits per heavy atom. The highest BCUT2D eigenvalue weighted by Crippen LogP contribution is 2.28. The number of aromatic nitrogens is 1. The Bertz CT molecular complexity index is 402. The molecule has 18 heavy (non-hydrogen) atoms. The van der Waals surface area contributed by atoms with Crippen LogP contribution in [0.4, 0.5) is 13.2 Å². The van der Waals surface area contributed by atoms with Crippen LogP contribution in [0.2, 0.25) is 0 Å². The van der Waals surface area contributed by atoms with Gasteiger partial charge < -0.3 is 5.32 Å². The molecule has 1 aromatic heterocycles. The van der Waals surface area contributed by atoms with Crippen LogP contribution in [0.3, 0.4) is 0 Å². The van der Waals surface area contributed by atoms with E-state index in [1.807, 2.05) is 6.92 Å². The average molecular weight is 281 g/mol. The van der Waals surface area contributed by atoms with Gasteiger partial charge in [-0.3, -0.25) is 9.78 Å². The van der Waals surface area contributed by atoms with E-state index >= 15 is 0 Å². The summed E-state index contributed by atoms with van der Waals surface area (Å²) in [4.78, 5) is 15.1. The van der Waals surface area contributed by atoms with Crippen LogP contribution in [0.15, 0.2) is 18.3 Å². The van der Waals surface area contributed by atoms with Crippen molar-refractivity contribution in [2.45, 2.75) is 25.6 Å².